The Kier molecular flexibility index (Phi) is 5.49. The number of nitrogens with one attached hydrogen (secondary N) is 2. The number of ether oxygens (including phenoxy) is 1. The number of halogens is 1. The van der Waals surface area contributed by atoms with E-state index in [0.717, 1.165) is 29.7 Å². The smallest absolute Gasteiger partial charge is 0.153 e. The summed E-state index contributed by atoms with van der Waals surface area (Å²) in [5, 5.41) is 12.5. The van der Waals surface area contributed by atoms with Crippen molar-refractivity contribution in [2.75, 3.05) is 29.9 Å². The Balaban J connectivity index is 1.57. The number of aryl methyl sites for hydroxylation is 1. The van der Waals surface area contributed by atoms with E-state index < -0.39 is 0 Å². The van der Waals surface area contributed by atoms with Gasteiger partial charge in [0.2, 0.25) is 0 Å². The fraction of sp³-hybridized carbons (Fsp3) is 0.375. The van der Waals surface area contributed by atoms with Crippen LogP contribution < -0.4 is 20.3 Å². The average Bonchev–Trinajstić information content (AvgIpc) is 3.14. The maximum Gasteiger partial charge on any atom is 0.153 e. The molecule has 3 heterocycles. The monoisotopic (exact) mass is 449 g/mol. The van der Waals surface area contributed by atoms with Crippen LogP contribution in [0.15, 0.2) is 36.8 Å². The van der Waals surface area contributed by atoms with Gasteiger partial charge in [-0.15, -0.1) is 0 Å². The Morgan fingerprint density at radius 3 is 2.70 bits per heavy atom. The number of hydrogen-bond donors (Lipinski definition) is 2. The van der Waals surface area contributed by atoms with Gasteiger partial charge < -0.3 is 20.3 Å². The third kappa shape index (κ3) is 4.16. The van der Waals surface area contributed by atoms with Crippen molar-refractivity contribution >= 4 is 39.0 Å². The molecule has 0 spiro atoms. The van der Waals surface area contributed by atoms with E-state index in [1.807, 2.05) is 13.0 Å². The van der Waals surface area contributed by atoms with Crippen LogP contribution in [0.4, 0.5) is 21.6 Å². The summed E-state index contributed by atoms with van der Waals surface area (Å²) >= 11 is 0. The van der Waals surface area contributed by atoms with E-state index in [-0.39, 0.29) is 5.82 Å². The molecule has 1 saturated heterocycles. The molecule has 0 radical (unpaired) electrons. The van der Waals surface area contributed by atoms with Gasteiger partial charge in [0.05, 0.1) is 17.5 Å². The molecule has 33 heavy (non-hydrogen) atoms. The summed E-state index contributed by atoms with van der Waals surface area (Å²) < 4.78 is 22.2. The molecule has 2 atom stereocenters. The molecule has 4 aromatic rings. The maximum absolute atomic E-state index is 14.6. The molecule has 172 valence electrons. The first-order valence-corrected chi connectivity index (χ1v) is 11.2. The van der Waals surface area contributed by atoms with Gasteiger partial charge in [0.1, 0.15) is 23.4 Å². The summed E-state index contributed by atoms with van der Waals surface area (Å²) in [5.41, 5.74) is 2.77. The predicted molar refractivity (Wildman–Crippen MR) is 129 cm³/mol. The first kappa shape index (κ1) is 21.4. The second-order valence-corrected chi connectivity index (χ2v) is 8.69. The van der Waals surface area contributed by atoms with E-state index in [9.17, 15) is 4.39 Å². The largest absolute Gasteiger partial charge is 0.493 e. The highest BCUT2D eigenvalue weighted by molar-refractivity contribution is 5.98. The fourth-order valence-electron chi connectivity index (χ4n) is 4.65. The molecule has 0 saturated carbocycles. The van der Waals surface area contributed by atoms with E-state index >= 15 is 0 Å². The number of hydrogen-bond acceptors (Lipinski definition) is 7. The van der Waals surface area contributed by atoms with E-state index in [0.29, 0.717) is 46.8 Å². The Hall–Kier alpha value is -3.46. The van der Waals surface area contributed by atoms with Crippen molar-refractivity contribution in [3.8, 4) is 5.75 Å². The SMILES string of the molecule is CCOc1cc(N2C[C@@H](C)N[C@@H](C)C2)cc2ncnc(Nc3cc(F)c4nn(C)cc4c3)c12. The molecule has 0 amide bonds. The zero-order valence-electron chi connectivity index (χ0n) is 19.3. The summed E-state index contributed by atoms with van der Waals surface area (Å²) in [4.78, 5) is 11.3. The van der Waals surface area contributed by atoms with E-state index in [2.05, 4.69) is 56.6 Å². The summed E-state index contributed by atoms with van der Waals surface area (Å²) in [5.74, 6) is 0.887. The molecule has 2 aromatic carbocycles. The van der Waals surface area contributed by atoms with Crippen LogP contribution in [-0.2, 0) is 7.05 Å². The van der Waals surface area contributed by atoms with Gasteiger partial charge in [-0.3, -0.25) is 4.68 Å². The van der Waals surface area contributed by atoms with Crippen molar-refractivity contribution in [3.05, 3.63) is 42.6 Å². The van der Waals surface area contributed by atoms with Crippen molar-refractivity contribution in [1.82, 2.24) is 25.1 Å². The molecule has 8 nitrogen and oxygen atoms in total. The second-order valence-electron chi connectivity index (χ2n) is 8.69. The second kappa shape index (κ2) is 8.47. The van der Waals surface area contributed by atoms with Gasteiger partial charge in [-0.2, -0.15) is 5.10 Å². The number of piperazine rings is 1. The molecule has 1 aliphatic rings. The molecular weight excluding hydrogens is 421 g/mol. The Bertz CT molecular complexity index is 1310. The summed E-state index contributed by atoms with van der Waals surface area (Å²) in [6.07, 6.45) is 3.31. The first-order chi connectivity index (χ1) is 15.9. The highest BCUT2D eigenvalue weighted by Gasteiger charge is 2.23. The quantitative estimate of drug-likeness (QED) is 0.477. The summed E-state index contributed by atoms with van der Waals surface area (Å²) in [7, 11) is 1.77. The van der Waals surface area contributed by atoms with Crippen molar-refractivity contribution in [1.29, 1.82) is 0 Å². The normalized spacial score (nSPS) is 18.8. The lowest BCUT2D eigenvalue weighted by Gasteiger charge is -2.38. The average molecular weight is 450 g/mol. The minimum Gasteiger partial charge on any atom is -0.493 e. The lowest BCUT2D eigenvalue weighted by Crippen LogP contribution is -2.54. The molecular formula is C24H28FN7O. The number of fused-ring (bicyclic) bond motifs is 2. The van der Waals surface area contributed by atoms with Crippen LogP contribution in [-0.4, -0.2) is 51.5 Å². The number of benzene rings is 2. The minimum atomic E-state index is -0.386. The topological polar surface area (TPSA) is 80.1 Å². The number of anilines is 3. The van der Waals surface area contributed by atoms with Gasteiger partial charge in [-0.25, -0.2) is 14.4 Å². The zero-order chi connectivity index (χ0) is 23.1. The lowest BCUT2D eigenvalue weighted by atomic mass is 10.1. The van der Waals surface area contributed by atoms with Gasteiger partial charge in [0.25, 0.3) is 0 Å². The van der Waals surface area contributed by atoms with Crippen molar-refractivity contribution < 1.29 is 9.13 Å². The molecule has 5 rings (SSSR count). The predicted octanol–water partition coefficient (Wildman–Crippen LogP) is 3.98. The Morgan fingerprint density at radius 1 is 1.15 bits per heavy atom. The van der Waals surface area contributed by atoms with Crippen LogP contribution in [0, 0.1) is 5.82 Å². The van der Waals surface area contributed by atoms with Crippen molar-refractivity contribution in [2.45, 2.75) is 32.9 Å². The van der Waals surface area contributed by atoms with Gasteiger partial charge in [0, 0.05) is 61.2 Å². The molecule has 0 aliphatic carbocycles. The van der Waals surface area contributed by atoms with Crippen LogP contribution in [0.2, 0.25) is 0 Å². The Morgan fingerprint density at radius 2 is 1.94 bits per heavy atom. The highest BCUT2D eigenvalue weighted by Crippen LogP contribution is 2.36. The van der Waals surface area contributed by atoms with E-state index in [1.54, 1.807) is 17.9 Å². The number of rotatable bonds is 5. The zero-order valence-corrected chi connectivity index (χ0v) is 19.3. The molecule has 0 unspecified atom stereocenters. The fourth-order valence-corrected chi connectivity index (χ4v) is 4.65. The van der Waals surface area contributed by atoms with Gasteiger partial charge >= 0.3 is 0 Å². The van der Waals surface area contributed by atoms with Crippen LogP contribution in [0.25, 0.3) is 21.8 Å². The van der Waals surface area contributed by atoms with Gasteiger partial charge in [0.15, 0.2) is 5.82 Å². The third-order valence-corrected chi connectivity index (χ3v) is 5.85. The molecule has 0 bridgehead atoms. The standard InChI is InChI=1S/C24H28FN7O/c1-5-33-21-9-18(32-10-14(2)28-15(3)11-32)8-20-22(21)24(27-13-26-20)29-17-6-16-12-31(4)30-23(16)19(25)7-17/h6-9,12-15,28H,5,10-11H2,1-4H3,(H,26,27,29)/t14-,15+. The summed E-state index contributed by atoms with van der Waals surface area (Å²) in [6, 6.07) is 8.19. The van der Waals surface area contributed by atoms with Crippen LogP contribution in [0.3, 0.4) is 0 Å². The van der Waals surface area contributed by atoms with Crippen LogP contribution in [0.1, 0.15) is 20.8 Å². The highest BCUT2D eigenvalue weighted by atomic mass is 19.1. The van der Waals surface area contributed by atoms with Crippen molar-refractivity contribution in [2.24, 2.45) is 7.05 Å². The number of nitrogens with zero attached hydrogens (tertiary/aromatic N) is 5. The van der Waals surface area contributed by atoms with Crippen LogP contribution in [0.5, 0.6) is 5.75 Å². The van der Waals surface area contributed by atoms with Gasteiger partial charge in [-0.1, -0.05) is 0 Å². The number of aromatic nitrogens is 4. The molecule has 2 N–H and O–H groups in total. The third-order valence-electron chi connectivity index (χ3n) is 5.85. The first-order valence-electron chi connectivity index (χ1n) is 11.2. The van der Waals surface area contributed by atoms with Crippen LogP contribution >= 0.6 is 0 Å². The molecule has 9 heteroatoms. The van der Waals surface area contributed by atoms with Crippen molar-refractivity contribution in [3.63, 3.8) is 0 Å². The molecule has 1 aliphatic heterocycles. The Labute approximate surface area is 191 Å². The van der Waals surface area contributed by atoms with E-state index in [1.165, 1.54) is 12.4 Å². The summed E-state index contributed by atoms with van der Waals surface area (Å²) in [6.45, 7) is 8.66. The molecule has 2 aromatic heterocycles. The van der Waals surface area contributed by atoms with Gasteiger partial charge in [-0.05, 0) is 39.0 Å². The minimum absolute atomic E-state index is 0.342. The molecule has 1 fully saturated rings. The maximum atomic E-state index is 14.6. The van der Waals surface area contributed by atoms with E-state index in [4.69, 9.17) is 4.74 Å². The lowest BCUT2D eigenvalue weighted by molar-refractivity contribution is 0.344.